The van der Waals surface area contributed by atoms with Gasteiger partial charge in [-0.1, -0.05) is 6.07 Å². The molecule has 2 aromatic rings. The highest BCUT2D eigenvalue weighted by molar-refractivity contribution is 7.89. The third kappa shape index (κ3) is 4.31. The third-order valence-electron chi connectivity index (χ3n) is 3.59. The van der Waals surface area contributed by atoms with Gasteiger partial charge in [-0.05, 0) is 42.3 Å². The van der Waals surface area contributed by atoms with E-state index in [4.69, 9.17) is 9.47 Å². The van der Waals surface area contributed by atoms with Crippen LogP contribution in [0.25, 0.3) is 0 Å². The highest BCUT2D eigenvalue weighted by atomic mass is 32.2. The van der Waals surface area contributed by atoms with Crippen molar-refractivity contribution in [2.45, 2.75) is 18.4 Å². The highest BCUT2D eigenvalue weighted by Gasteiger charge is 2.28. The van der Waals surface area contributed by atoms with Crippen LogP contribution in [0.1, 0.15) is 11.1 Å². The Kier molecular flexibility index (Phi) is 6.30. The zero-order valence-corrected chi connectivity index (χ0v) is 14.9. The van der Waals surface area contributed by atoms with Crippen LogP contribution < -0.4 is 4.74 Å². The Morgan fingerprint density at radius 2 is 1.83 bits per heavy atom. The molecule has 0 spiro atoms. The number of aryl methyl sites for hydroxylation is 1. The maximum absolute atomic E-state index is 13.1. The van der Waals surface area contributed by atoms with Gasteiger partial charge in [0.1, 0.15) is 10.6 Å². The van der Waals surface area contributed by atoms with Gasteiger partial charge >= 0.3 is 0 Å². The fourth-order valence-corrected chi connectivity index (χ4v) is 3.95. The molecule has 0 bridgehead atoms. The molecule has 0 amide bonds. The minimum Gasteiger partial charge on any atom is -0.495 e. The van der Waals surface area contributed by atoms with Crippen molar-refractivity contribution < 1.29 is 17.9 Å². The second kappa shape index (κ2) is 8.23. The largest absolute Gasteiger partial charge is 0.495 e. The maximum Gasteiger partial charge on any atom is 0.247 e. The summed E-state index contributed by atoms with van der Waals surface area (Å²) in [6, 6.07) is 8.70. The Morgan fingerprint density at radius 3 is 2.46 bits per heavy atom. The number of benzene rings is 1. The molecule has 0 saturated carbocycles. The van der Waals surface area contributed by atoms with E-state index >= 15 is 0 Å². The van der Waals surface area contributed by atoms with E-state index in [9.17, 15) is 8.42 Å². The summed E-state index contributed by atoms with van der Waals surface area (Å²) in [6.07, 6.45) is 3.29. The molecular weight excluding hydrogens is 328 g/mol. The van der Waals surface area contributed by atoms with Crippen LogP contribution in [0.4, 0.5) is 0 Å². The van der Waals surface area contributed by atoms with Gasteiger partial charge < -0.3 is 9.47 Å². The van der Waals surface area contributed by atoms with Crippen molar-refractivity contribution >= 4 is 10.0 Å². The number of sulfonamides is 1. The molecule has 1 aromatic carbocycles. The quantitative estimate of drug-likeness (QED) is 0.730. The normalized spacial score (nSPS) is 11.7. The van der Waals surface area contributed by atoms with Crippen LogP contribution in [-0.2, 0) is 21.3 Å². The average Bonchev–Trinajstić information content (AvgIpc) is 2.59. The Balaban J connectivity index is 2.41. The van der Waals surface area contributed by atoms with Gasteiger partial charge in [0.2, 0.25) is 10.0 Å². The lowest BCUT2D eigenvalue weighted by Gasteiger charge is -2.23. The van der Waals surface area contributed by atoms with E-state index < -0.39 is 10.0 Å². The van der Waals surface area contributed by atoms with E-state index in [0.717, 1.165) is 11.1 Å². The fraction of sp³-hybridized carbons (Fsp3) is 0.353. The molecule has 1 heterocycles. The van der Waals surface area contributed by atoms with Crippen LogP contribution in [0.5, 0.6) is 5.75 Å². The van der Waals surface area contributed by atoms with E-state index in [1.165, 1.54) is 11.4 Å². The smallest absolute Gasteiger partial charge is 0.247 e. The Hall–Kier alpha value is -1.96. The Bertz CT molecular complexity index is 763. The first kappa shape index (κ1) is 18.4. The molecule has 0 saturated heterocycles. The van der Waals surface area contributed by atoms with Crippen molar-refractivity contribution in [3.05, 3.63) is 53.9 Å². The Labute approximate surface area is 143 Å². The molecule has 0 aliphatic heterocycles. The molecule has 0 aliphatic rings. The standard InChI is InChI=1S/C17H22N2O4S/c1-14-4-5-16(23-3)17(12-14)24(20,21)19(10-11-22-2)13-15-6-8-18-9-7-15/h4-9,12H,10-11,13H2,1-3H3. The maximum atomic E-state index is 13.1. The molecule has 24 heavy (non-hydrogen) atoms. The SMILES string of the molecule is COCCN(Cc1ccncc1)S(=O)(=O)c1cc(C)ccc1OC. The Morgan fingerprint density at radius 1 is 1.12 bits per heavy atom. The molecule has 0 N–H and O–H groups in total. The number of pyridine rings is 1. The number of methoxy groups -OCH3 is 2. The fourth-order valence-electron chi connectivity index (χ4n) is 2.29. The lowest BCUT2D eigenvalue weighted by atomic mass is 10.2. The lowest BCUT2D eigenvalue weighted by molar-refractivity contribution is 0.177. The summed E-state index contributed by atoms with van der Waals surface area (Å²) in [4.78, 5) is 4.12. The van der Waals surface area contributed by atoms with Crippen molar-refractivity contribution in [3.8, 4) is 5.75 Å². The second-order valence-electron chi connectivity index (χ2n) is 5.34. The van der Waals surface area contributed by atoms with Gasteiger partial charge in [0.15, 0.2) is 0 Å². The number of rotatable bonds is 8. The van der Waals surface area contributed by atoms with Crippen molar-refractivity contribution in [1.29, 1.82) is 0 Å². The van der Waals surface area contributed by atoms with Gasteiger partial charge in [-0.2, -0.15) is 4.31 Å². The number of ether oxygens (including phenoxy) is 2. The van der Waals surface area contributed by atoms with Gasteiger partial charge in [0.25, 0.3) is 0 Å². The molecule has 7 heteroatoms. The number of hydrogen-bond donors (Lipinski definition) is 0. The highest BCUT2D eigenvalue weighted by Crippen LogP contribution is 2.28. The van der Waals surface area contributed by atoms with Crippen LogP contribution in [-0.4, -0.2) is 45.1 Å². The zero-order chi connectivity index (χ0) is 17.6. The van der Waals surface area contributed by atoms with Crippen LogP contribution in [0, 0.1) is 6.92 Å². The minimum atomic E-state index is -3.73. The predicted octanol–water partition coefficient (Wildman–Crippen LogP) is 2.24. The molecule has 0 radical (unpaired) electrons. The molecule has 6 nitrogen and oxygen atoms in total. The van der Waals surface area contributed by atoms with Crippen molar-refractivity contribution in [2.24, 2.45) is 0 Å². The van der Waals surface area contributed by atoms with Crippen LogP contribution in [0.2, 0.25) is 0 Å². The van der Waals surface area contributed by atoms with E-state index in [0.29, 0.717) is 12.4 Å². The van der Waals surface area contributed by atoms with Crippen molar-refractivity contribution in [1.82, 2.24) is 9.29 Å². The third-order valence-corrected chi connectivity index (χ3v) is 5.46. The molecule has 2 rings (SSSR count). The average molecular weight is 350 g/mol. The molecular formula is C17H22N2O4S. The summed E-state index contributed by atoms with van der Waals surface area (Å²) >= 11 is 0. The van der Waals surface area contributed by atoms with Gasteiger partial charge in [0.05, 0.1) is 13.7 Å². The topological polar surface area (TPSA) is 68.7 Å². The second-order valence-corrected chi connectivity index (χ2v) is 7.25. The van der Waals surface area contributed by atoms with E-state index in [1.54, 1.807) is 43.8 Å². The van der Waals surface area contributed by atoms with Gasteiger partial charge in [0, 0.05) is 32.6 Å². The number of hydrogen-bond acceptors (Lipinski definition) is 5. The molecule has 1 aromatic heterocycles. The zero-order valence-electron chi connectivity index (χ0n) is 14.1. The summed E-state index contributed by atoms with van der Waals surface area (Å²) in [6.45, 7) is 2.64. The summed E-state index contributed by atoms with van der Waals surface area (Å²) < 4.78 is 38.0. The van der Waals surface area contributed by atoms with E-state index in [1.807, 2.05) is 13.0 Å². The first-order valence-corrected chi connectivity index (χ1v) is 8.95. The minimum absolute atomic E-state index is 0.162. The van der Waals surface area contributed by atoms with Crippen LogP contribution in [0.15, 0.2) is 47.6 Å². The summed E-state index contributed by atoms with van der Waals surface area (Å²) in [7, 11) is -0.718. The summed E-state index contributed by atoms with van der Waals surface area (Å²) in [5.74, 6) is 0.331. The lowest BCUT2D eigenvalue weighted by Crippen LogP contribution is -2.33. The molecule has 130 valence electrons. The molecule has 0 atom stereocenters. The van der Waals surface area contributed by atoms with Crippen LogP contribution >= 0.6 is 0 Å². The van der Waals surface area contributed by atoms with E-state index in [-0.39, 0.29) is 18.0 Å². The molecule has 0 unspecified atom stereocenters. The van der Waals surface area contributed by atoms with Crippen molar-refractivity contribution in [3.63, 3.8) is 0 Å². The summed E-state index contributed by atoms with van der Waals surface area (Å²) in [5.41, 5.74) is 1.71. The number of nitrogens with zero attached hydrogens (tertiary/aromatic N) is 2. The molecule has 0 aliphatic carbocycles. The molecule has 0 fully saturated rings. The van der Waals surface area contributed by atoms with E-state index in [2.05, 4.69) is 4.98 Å². The van der Waals surface area contributed by atoms with Gasteiger partial charge in [-0.15, -0.1) is 0 Å². The predicted molar refractivity (Wildman–Crippen MR) is 91.4 cm³/mol. The monoisotopic (exact) mass is 350 g/mol. The number of aromatic nitrogens is 1. The summed E-state index contributed by atoms with van der Waals surface area (Å²) in [5, 5.41) is 0. The first-order valence-electron chi connectivity index (χ1n) is 7.51. The van der Waals surface area contributed by atoms with Gasteiger partial charge in [-0.25, -0.2) is 8.42 Å². The van der Waals surface area contributed by atoms with Crippen molar-refractivity contribution in [2.75, 3.05) is 27.4 Å². The first-order chi connectivity index (χ1) is 11.5. The van der Waals surface area contributed by atoms with Crippen LogP contribution in [0.3, 0.4) is 0 Å². The van der Waals surface area contributed by atoms with Gasteiger partial charge in [-0.3, -0.25) is 4.98 Å².